The Kier molecular flexibility index (Phi) is 92.4. The van der Waals surface area contributed by atoms with Crippen molar-refractivity contribution < 1.29 is 47.9 Å². The van der Waals surface area contributed by atoms with Crippen molar-refractivity contribution in [2.75, 3.05) is 0 Å². The van der Waals surface area contributed by atoms with Crippen LogP contribution in [0.3, 0.4) is 0 Å². The van der Waals surface area contributed by atoms with Gasteiger partial charge < -0.3 is 0 Å². The van der Waals surface area contributed by atoms with Gasteiger partial charge in [-0.1, -0.05) is 0 Å². The van der Waals surface area contributed by atoms with Gasteiger partial charge in [-0.25, -0.2) is 0 Å². The first kappa shape index (κ1) is 23.6. The summed E-state index contributed by atoms with van der Waals surface area (Å²) >= 11 is 0. The summed E-state index contributed by atoms with van der Waals surface area (Å²) in [6, 6.07) is 0. The Morgan fingerprint density at radius 3 is 1.00 bits per heavy atom. The fraction of sp³-hybridized carbons (Fsp3) is 0. The molecule has 0 aromatic carbocycles. The Morgan fingerprint density at radius 2 is 1.00 bits per heavy atom. The number of hydrogen-bond donors (Lipinski definition) is 0. The van der Waals surface area contributed by atoms with Gasteiger partial charge in [0.05, 0.1) is 0 Å². The third-order valence-electron chi connectivity index (χ3n) is 0. The minimum Gasteiger partial charge on any atom is 0 e. The van der Waals surface area contributed by atoms with Gasteiger partial charge in [0.2, 0.25) is 0 Å². The van der Waals surface area contributed by atoms with E-state index < -0.39 is 0 Å². The van der Waals surface area contributed by atoms with Crippen LogP contribution in [0.15, 0.2) is 0 Å². The van der Waals surface area contributed by atoms with E-state index in [1.54, 1.807) is 0 Å². The largest absolute Gasteiger partial charge is 0 e. The summed E-state index contributed by atoms with van der Waals surface area (Å²) in [5.41, 5.74) is 0. The molecule has 0 N–H and O–H groups in total. The van der Waals surface area contributed by atoms with E-state index in [1.807, 2.05) is 0 Å². The van der Waals surface area contributed by atoms with Crippen molar-refractivity contribution in [1.29, 1.82) is 0 Å². The fourth-order valence-corrected chi connectivity index (χ4v) is 0. The molecular formula is H3CaKTiZr. The molecule has 0 saturated heterocycles. The Labute approximate surface area is 133 Å². The van der Waals surface area contributed by atoms with Crippen molar-refractivity contribution in [1.82, 2.24) is 0 Å². The van der Waals surface area contributed by atoms with Crippen LogP contribution in [0.1, 0.15) is 0 Å². The molecule has 0 saturated carbocycles. The van der Waals surface area contributed by atoms with Gasteiger partial charge >= 0.3 is 89.1 Å². The van der Waals surface area contributed by atoms with Crippen molar-refractivity contribution in [3.8, 4) is 0 Å². The summed E-state index contributed by atoms with van der Waals surface area (Å²) in [6.07, 6.45) is 0. The minimum absolute atomic E-state index is 0. The number of hydrogen-bond acceptors (Lipinski definition) is 0. The summed E-state index contributed by atoms with van der Waals surface area (Å²) < 4.78 is 0. The van der Waals surface area contributed by atoms with E-state index in [0.717, 1.165) is 0 Å². The van der Waals surface area contributed by atoms with Crippen LogP contribution in [0.5, 0.6) is 0 Å². The quantitative estimate of drug-likeness (QED) is 0.434. The van der Waals surface area contributed by atoms with E-state index in [2.05, 4.69) is 0 Å². The number of rotatable bonds is 0. The average Bonchev–Trinajstić information content (AvgIpc) is 0. The molecule has 14 valence electrons. The molecule has 0 aromatic heterocycles. The maximum atomic E-state index is 0. The second kappa shape index (κ2) is 15.6. The van der Waals surface area contributed by atoms with Crippen molar-refractivity contribution in [3.05, 3.63) is 0 Å². The standard InChI is InChI=1S/Ca.K.Ti.Zr.3H. The van der Waals surface area contributed by atoms with Crippen molar-refractivity contribution in [2.24, 2.45) is 0 Å². The zero-order valence-corrected chi connectivity index (χ0v) is 5.02. The molecule has 0 bridgehead atoms. The van der Waals surface area contributed by atoms with Gasteiger partial charge in [-0.15, -0.1) is 0 Å². The summed E-state index contributed by atoms with van der Waals surface area (Å²) in [5, 5.41) is 0. The molecule has 4 heavy (non-hydrogen) atoms. The first-order valence-corrected chi connectivity index (χ1v) is 0. The Morgan fingerprint density at radius 1 is 1.00 bits per heavy atom. The van der Waals surface area contributed by atoms with Crippen molar-refractivity contribution in [3.63, 3.8) is 0 Å². The van der Waals surface area contributed by atoms with Gasteiger partial charge in [0.25, 0.3) is 0 Å². The van der Waals surface area contributed by atoms with E-state index in [0.29, 0.717) is 0 Å². The van der Waals surface area contributed by atoms with Crippen LogP contribution in [-0.4, -0.2) is 89.1 Å². The third kappa shape index (κ3) is 9.71. The van der Waals surface area contributed by atoms with Crippen LogP contribution >= 0.6 is 0 Å². The second-order valence-corrected chi connectivity index (χ2v) is 0. The molecule has 0 aromatic rings. The molecule has 4 heteroatoms. The van der Waals surface area contributed by atoms with E-state index >= 15 is 0 Å². The summed E-state index contributed by atoms with van der Waals surface area (Å²) in [6.45, 7) is 0. The Hall–Kier alpha value is 4.49. The van der Waals surface area contributed by atoms with Gasteiger partial charge in [-0.3, -0.25) is 0 Å². The molecule has 0 aliphatic heterocycles. The normalized spacial score (nSPS) is 0. The Balaban J connectivity index is 0. The topological polar surface area (TPSA) is 0 Å². The molecule has 0 fully saturated rings. The van der Waals surface area contributed by atoms with E-state index in [-0.39, 0.29) is 137 Å². The van der Waals surface area contributed by atoms with Crippen LogP contribution in [0.25, 0.3) is 0 Å². The summed E-state index contributed by atoms with van der Waals surface area (Å²) in [5.74, 6) is 0. The smallest absolute Gasteiger partial charge is 0 e. The third-order valence-corrected chi connectivity index (χ3v) is 0. The molecule has 0 amide bonds. The van der Waals surface area contributed by atoms with E-state index in [9.17, 15) is 0 Å². The monoisotopic (exact) mass is 220 g/mol. The Bertz CT molecular complexity index is 8.00. The summed E-state index contributed by atoms with van der Waals surface area (Å²) in [7, 11) is 0. The molecule has 0 spiro atoms. The molecule has 0 rings (SSSR count). The van der Waals surface area contributed by atoms with Gasteiger partial charge in [0, 0.05) is 47.9 Å². The van der Waals surface area contributed by atoms with Crippen LogP contribution in [0, 0.1) is 0 Å². The van der Waals surface area contributed by atoms with Gasteiger partial charge in [0.1, 0.15) is 0 Å². The molecule has 0 heterocycles. The first-order chi connectivity index (χ1) is 0. The summed E-state index contributed by atoms with van der Waals surface area (Å²) in [4.78, 5) is 0. The van der Waals surface area contributed by atoms with Crippen molar-refractivity contribution >= 4 is 89.1 Å². The zero-order chi connectivity index (χ0) is 0. The van der Waals surface area contributed by atoms with Crippen LogP contribution in [0.4, 0.5) is 0 Å². The van der Waals surface area contributed by atoms with E-state index in [1.165, 1.54) is 0 Å². The maximum absolute atomic E-state index is 0. The van der Waals surface area contributed by atoms with Crippen molar-refractivity contribution in [2.45, 2.75) is 0 Å². The van der Waals surface area contributed by atoms with Crippen LogP contribution in [-0.2, 0) is 47.9 Å². The molecule has 0 nitrogen and oxygen atoms in total. The molecule has 0 aliphatic carbocycles. The molecule has 0 radical (unpaired) electrons. The molecule has 0 atom stereocenters. The fourth-order valence-electron chi connectivity index (χ4n) is 0. The second-order valence-electron chi connectivity index (χ2n) is 0. The predicted molar refractivity (Wildman–Crippen MR) is 15.7 cm³/mol. The molecular weight excluding hydrogens is 218 g/mol. The molecule has 0 unspecified atom stereocenters. The van der Waals surface area contributed by atoms with Crippen LogP contribution in [0.2, 0.25) is 0 Å². The van der Waals surface area contributed by atoms with Gasteiger partial charge in [0.15, 0.2) is 0 Å². The average molecular weight is 221 g/mol. The van der Waals surface area contributed by atoms with Gasteiger partial charge in [-0.2, -0.15) is 0 Å². The van der Waals surface area contributed by atoms with Crippen LogP contribution < -0.4 is 0 Å². The maximum Gasteiger partial charge on any atom is 0 e. The minimum atomic E-state index is 0. The first-order valence-electron chi connectivity index (χ1n) is 0. The SMILES string of the molecule is [CaH2].[KH].[Ti].[Zr]. The van der Waals surface area contributed by atoms with E-state index in [4.69, 9.17) is 0 Å². The molecule has 0 aliphatic rings. The zero-order valence-electron chi connectivity index (χ0n) is 1.00. The van der Waals surface area contributed by atoms with Gasteiger partial charge in [-0.05, 0) is 0 Å². The predicted octanol–water partition coefficient (Wildman–Crippen LogP) is -1.57.